The topological polar surface area (TPSA) is 165 Å². The smallest absolute Gasteiger partial charge is 0.332 e. The molecule has 0 saturated heterocycles. The van der Waals surface area contributed by atoms with Crippen molar-refractivity contribution < 1.29 is 32.2 Å². The first-order valence-corrected chi connectivity index (χ1v) is 14.3. The molecule has 0 aliphatic heterocycles. The summed E-state index contributed by atoms with van der Waals surface area (Å²) in [5, 5.41) is 18.1. The fourth-order valence-corrected chi connectivity index (χ4v) is 5.65. The van der Waals surface area contributed by atoms with E-state index in [1.54, 1.807) is 6.92 Å². The third kappa shape index (κ3) is 5.91. The molecule has 3 heterocycles. The van der Waals surface area contributed by atoms with Gasteiger partial charge in [0.2, 0.25) is 0 Å². The van der Waals surface area contributed by atoms with Gasteiger partial charge in [0.05, 0.1) is 43.8 Å². The van der Waals surface area contributed by atoms with Crippen LogP contribution in [0.1, 0.15) is 17.2 Å². The number of methoxy groups -OCH3 is 1. The van der Waals surface area contributed by atoms with Crippen molar-refractivity contribution in [1.29, 1.82) is 0 Å². The Morgan fingerprint density at radius 2 is 1.90 bits per heavy atom. The predicted molar refractivity (Wildman–Crippen MR) is 139 cm³/mol. The number of thiophene rings is 1. The molecule has 1 atom stereocenters. The third-order valence-electron chi connectivity index (χ3n) is 5.82. The van der Waals surface area contributed by atoms with Crippen LogP contribution in [0.4, 0.5) is 4.39 Å². The van der Waals surface area contributed by atoms with Crippen molar-refractivity contribution in [3.8, 4) is 10.8 Å². The minimum absolute atomic E-state index is 0.0780. The molecule has 4 aromatic rings. The number of aromatic nitrogens is 5. The van der Waals surface area contributed by atoms with Crippen molar-refractivity contribution in [2.45, 2.75) is 26.1 Å². The SMILES string of the molecule is COc1ccc(F)cc1[C@H](Cn1c(=O)n(CC(=O)O)c(=O)c2c(C)c(-n3nccn3)sc21)OCCS(C)(=O)=O. The number of nitrogens with zero attached hydrogens (tertiary/aromatic N) is 5. The van der Waals surface area contributed by atoms with Gasteiger partial charge in [0, 0.05) is 17.4 Å². The maximum Gasteiger partial charge on any atom is 0.332 e. The van der Waals surface area contributed by atoms with Crippen LogP contribution in [-0.4, -0.2) is 69.3 Å². The molecule has 208 valence electrons. The van der Waals surface area contributed by atoms with Gasteiger partial charge in [0.1, 0.15) is 43.9 Å². The minimum atomic E-state index is -3.42. The molecule has 4 rings (SSSR count). The van der Waals surface area contributed by atoms with Crippen LogP contribution in [0.3, 0.4) is 0 Å². The first kappa shape index (κ1) is 28.1. The molecule has 1 N–H and O–H groups in total. The maximum absolute atomic E-state index is 14.3. The van der Waals surface area contributed by atoms with E-state index < -0.39 is 45.5 Å². The van der Waals surface area contributed by atoms with E-state index in [4.69, 9.17) is 9.47 Å². The summed E-state index contributed by atoms with van der Waals surface area (Å²) in [6.07, 6.45) is 2.77. The van der Waals surface area contributed by atoms with Crippen LogP contribution >= 0.6 is 11.3 Å². The highest BCUT2D eigenvalue weighted by atomic mass is 32.2. The van der Waals surface area contributed by atoms with Crippen LogP contribution in [0.15, 0.2) is 40.2 Å². The number of rotatable bonds is 11. The van der Waals surface area contributed by atoms with Crippen molar-refractivity contribution >= 4 is 37.4 Å². The molecule has 0 aliphatic rings. The average molecular weight is 582 g/mol. The fraction of sp³-hybridized carbons (Fsp3) is 0.348. The Balaban J connectivity index is 1.95. The van der Waals surface area contributed by atoms with Crippen LogP contribution in [-0.2, 0) is 32.5 Å². The number of ether oxygens (including phenoxy) is 2. The van der Waals surface area contributed by atoms with E-state index in [-0.39, 0.29) is 40.4 Å². The largest absolute Gasteiger partial charge is 0.496 e. The highest BCUT2D eigenvalue weighted by molar-refractivity contribution is 7.90. The number of aryl methyl sites for hydroxylation is 1. The lowest BCUT2D eigenvalue weighted by Crippen LogP contribution is -2.42. The lowest BCUT2D eigenvalue weighted by atomic mass is 10.1. The molecule has 39 heavy (non-hydrogen) atoms. The summed E-state index contributed by atoms with van der Waals surface area (Å²) in [5.74, 6) is -2.17. The standard InChI is InChI=1S/C23H24FN5O8S2/c1-13-19-20(32)27(12-18(30)31)23(33)28(22(19)38-21(13)29-25-6-7-26-29)11-17(37-8-9-39(3,34)35)15-10-14(24)4-5-16(15)36-2/h4-7,10,17H,8-9,11-12H2,1-3H3,(H,30,31)/t17-/m0/s1. The molecule has 0 aliphatic carbocycles. The Labute approximate surface area is 224 Å². The Bertz CT molecular complexity index is 1760. The number of halogens is 1. The zero-order chi connectivity index (χ0) is 28.5. The fourth-order valence-electron chi connectivity index (χ4n) is 4.04. The highest BCUT2D eigenvalue weighted by Gasteiger charge is 2.26. The maximum atomic E-state index is 14.3. The summed E-state index contributed by atoms with van der Waals surface area (Å²) in [6.45, 7) is 0.0994. The summed E-state index contributed by atoms with van der Waals surface area (Å²) in [4.78, 5) is 39.8. The van der Waals surface area contributed by atoms with E-state index in [2.05, 4.69) is 10.2 Å². The molecule has 13 nitrogen and oxygen atoms in total. The average Bonchev–Trinajstić information content (AvgIpc) is 3.50. The molecular weight excluding hydrogens is 557 g/mol. The Morgan fingerprint density at radius 1 is 1.21 bits per heavy atom. The number of hydrogen-bond acceptors (Lipinski definition) is 10. The molecule has 0 bridgehead atoms. The van der Waals surface area contributed by atoms with Crippen LogP contribution in [0, 0.1) is 12.7 Å². The number of hydrogen-bond donors (Lipinski definition) is 1. The van der Waals surface area contributed by atoms with Gasteiger partial charge in [-0.15, -0.1) is 4.80 Å². The molecular formula is C23H24FN5O8S2. The van der Waals surface area contributed by atoms with Crippen molar-refractivity contribution in [3.05, 3.63) is 68.4 Å². The minimum Gasteiger partial charge on any atom is -0.496 e. The van der Waals surface area contributed by atoms with Gasteiger partial charge in [-0.05, 0) is 25.1 Å². The lowest BCUT2D eigenvalue weighted by molar-refractivity contribution is -0.137. The van der Waals surface area contributed by atoms with Gasteiger partial charge in [0.15, 0.2) is 0 Å². The van der Waals surface area contributed by atoms with Crippen LogP contribution < -0.4 is 16.0 Å². The molecule has 0 radical (unpaired) electrons. The van der Waals surface area contributed by atoms with Crippen LogP contribution in [0.25, 0.3) is 15.2 Å². The lowest BCUT2D eigenvalue weighted by Gasteiger charge is -2.22. The summed E-state index contributed by atoms with van der Waals surface area (Å²) in [7, 11) is -2.06. The number of carboxylic acids is 1. The van der Waals surface area contributed by atoms with Crippen molar-refractivity contribution in [2.24, 2.45) is 0 Å². The number of aliphatic carboxylic acids is 1. The van der Waals surface area contributed by atoms with E-state index in [0.29, 0.717) is 15.1 Å². The molecule has 3 aromatic heterocycles. The highest BCUT2D eigenvalue weighted by Crippen LogP contribution is 2.33. The normalized spacial score (nSPS) is 12.6. The molecule has 0 spiro atoms. The number of carboxylic acid groups (broad SMARTS) is 1. The van der Waals surface area contributed by atoms with Crippen LogP contribution in [0.2, 0.25) is 0 Å². The Morgan fingerprint density at radius 3 is 2.51 bits per heavy atom. The van der Waals surface area contributed by atoms with Gasteiger partial charge in [-0.2, -0.15) is 10.2 Å². The second kappa shape index (κ2) is 11.1. The van der Waals surface area contributed by atoms with E-state index in [1.165, 1.54) is 36.4 Å². The van der Waals surface area contributed by atoms with E-state index in [1.807, 2.05) is 0 Å². The zero-order valence-corrected chi connectivity index (χ0v) is 22.7. The summed E-state index contributed by atoms with van der Waals surface area (Å²) < 4.78 is 50.7. The monoisotopic (exact) mass is 581 g/mol. The van der Waals surface area contributed by atoms with Crippen LogP contribution in [0.5, 0.6) is 5.75 Å². The summed E-state index contributed by atoms with van der Waals surface area (Å²) in [6, 6.07) is 3.66. The van der Waals surface area contributed by atoms with E-state index in [0.717, 1.165) is 28.2 Å². The number of carbonyl (C=O) groups is 1. The van der Waals surface area contributed by atoms with Crippen molar-refractivity contribution in [3.63, 3.8) is 0 Å². The molecule has 0 fully saturated rings. The Hall–Kier alpha value is -3.89. The third-order valence-corrected chi connectivity index (χ3v) is 8.01. The first-order chi connectivity index (χ1) is 18.4. The molecule has 16 heteroatoms. The molecule has 0 amide bonds. The first-order valence-electron chi connectivity index (χ1n) is 11.4. The van der Waals surface area contributed by atoms with E-state index in [9.17, 15) is 32.3 Å². The zero-order valence-electron chi connectivity index (χ0n) is 21.0. The Kier molecular flexibility index (Phi) is 7.99. The van der Waals surface area contributed by atoms with Gasteiger partial charge >= 0.3 is 11.7 Å². The van der Waals surface area contributed by atoms with Gasteiger partial charge < -0.3 is 14.6 Å². The van der Waals surface area contributed by atoms with Gasteiger partial charge in [-0.25, -0.2) is 22.2 Å². The van der Waals surface area contributed by atoms with Gasteiger partial charge in [-0.3, -0.25) is 14.2 Å². The molecule has 0 saturated carbocycles. The van der Waals surface area contributed by atoms with Crippen molar-refractivity contribution in [2.75, 3.05) is 25.7 Å². The van der Waals surface area contributed by atoms with Gasteiger partial charge in [-0.1, -0.05) is 11.3 Å². The number of sulfone groups is 1. The van der Waals surface area contributed by atoms with Gasteiger partial charge in [0.25, 0.3) is 5.56 Å². The predicted octanol–water partition coefficient (Wildman–Crippen LogP) is 1.15. The summed E-state index contributed by atoms with van der Waals surface area (Å²) in [5.41, 5.74) is -1.15. The summed E-state index contributed by atoms with van der Waals surface area (Å²) >= 11 is 1.03. The second-order valence-corrected chi connectivity index (χ2v) is 11.8. The quantitative estimate of drug-likeness (QED) is 0.272. The second-order valence-electron chi connectivity index (χ2n) is 8.58. The van der Waals surface area contributed by atoms with E-state index >= 15 is 0 Å². The number of benzene rings is 1. The molecule has 1 aromatic carbocycles. The molecule has 0 unspecified atom stereocenters. The number of fused-ring (bicyclic) bond motifs is 1. The van der Waals surface area contributed by atoms with Crippen molar-refractivity contribution in [1.82, 2.24) is 24.1 Å².